The van der Waals surface area contributed by atoms with Gasteiger partial charge in [-0.1, -0.05) is 63.8 Å². The number of carbonyl (C=O) groups excluding carboxylic acids is 2. The van der Waals surface area contributed by atoms with Crippen LogP contribution in [-0.4, -0.2) is 33.1 Å². The van der Waals surface area contributed by atoms with Crippen LogP contribution in [0.5, 0.6) is 0 Å². The molecule has 0 radical (unpaired) electrons. The largest absolute Gasteiger partial charge is 0.478 e. The van der Waals surface area contributed by atoms with Gasteiger partial charge in [-0.05, 0) is 55.8 Å². The Morgan fingerprint density at radius 2 is 1.55 bits per heavy atom. The maximum Gasteiger partial charge on any atom is 0.338 e. The minimum absolute atomic E-state index is 0.199. The molecule has 2 amide bonds. The highest BCUT2D eigenvalue weighted by Crippen LogP contribution is 2.42. The van der Waals surface area contributed by atoms with Crippen molar-refractivity contribution in [1.29, 1.82) is 0 Å². The molecule has 0 aliphatic rings. The number of nitrogens with zero attached hydrogens (tertiary/aromatic N) is 1. The van der Waals surface area contributed by atoms with Crippen LogP contribution in [-0.2, 0) is 4.79 Å². The molecule has 1 unspecified atom stereocenters. The number of carbonyl (C=O) groups is 3. The number of hydrogen-bond acceptors (Lipinski definition) is 6. The molecular weight excluding hydrogens is 612 g/mol. The number of halogens is 4. The third-order valence-electron chi connectivity index (χ3n) is 5.28. The summed E-state index contributed by atoms with van der Waals surface area (Å²) in [6.07, 6.45) is 0. The van der Waals surface area contributed by atoms with Crippen molar-refractivity contribution in [1.82, 2.24) is 4.98 Å². The van der Waals surface area contributed by atoms with Crippen LogP contribution < -0.4 is 10.6 Å². The molecule has 0 aliphatic carbocycles. The molecule has 3 N–H and O–H groups in total. The van der Waals surface area contributed by atoms with Gasteiger partial charge in [0.05, 0.1) is 46.7 Å². The predicted octanol–water partition coefficient (Wildman–Crippen LogP) is 8.29. The van der Waals surface area contributed by atoms with Crippen LogP contribution in [0.1, 0.15) is 33.2 Å². The number of aromatic carboxylic acids is 1. The fourth-order valence-corrected chi connectivity index (χ4v) is 6.26. The van der Waals surface area contributed by atoms with E-state index in [9.17, 15) is 19.5 Å². The Bertz CT molecular complexity index is 1590. The fraction of sp³-hybridized carbons (Fsp3) is 0.120. The first-order valence-electron chi connectivity index (χ1n) is 10.8. The van der Waals surface area contributed by atoms with Crippen molar-refractivity contribution < 1.29 is 19.5 Å². The van der Waals surface area contributed by atoms with Gasteiger partial charge in [0.1, 0.15) is 0 Å². The molecule has 1 heterocycles. The number of hydrogen-bond donors (Lipinski definition) is 3. The fourth-order valence-electron chi connectivity index (χ4n) is 3.41. The molecule has 1 aromatic heterocycles. The molecule has 1 atom stereocenters. The third-order valence-corrected chi connectivity index (χ3v) is 9.12. The molecule has 0 fully saturated rings. The standard InChI is InChI=1S/C25H17Cl4N3O4S2/c1-10-3-8-14-15(9-10)38-25(31-14)32-22(33)11(2)37-13-6-4-12(5-7-13)30-23(34)16-17(24(35)36)19(27)21(29)20(28)18(16)26/h3-9,11H,1-2H3,(H,30,34)(H,35,36)(H,31,32,33). The molecule has 0 aliphatic heterocycles. The van der Waals surface area contributed by atoms with E-state index in [0.717, 1.165) is 20.7 Å². The van der Waals surface area contributed by atoms with Crippen LogP contribution in [0, 0.1) is 6.92 Å². The number of carboxylic acids is 1. The predicted molar refractivity (Wildman–Crippen MR) is 156 cm³/mol. The van der Waals surface area contributed by atoms with E-state index in [1.165, 1.54) is 23.1 Å². The quantitative estimate of drug-likeness (QED) is 0.108. The number of aryl methyl sites for hydroxylation is 1. The van der Waals surface area contributed by atoms with Crippen LogP contribution in [0.3, 0.4) is 0 Å². The number of anilines is 2. The molecule has 38 heavy (non-hydrogen) atoms. The normalized spacial score (nSPS) is 11.8. The van der Waals surface area contributed by atoms with Crippen molar-refractivity contribution in [3.8, 4) is 0 Å². The van der Waals surface area contributed by atoms with Gasteiger partial charge in [0.2, 0.25) is 5.91 Å². The highest BCUT2D eigenvalue weighted by molar-refractivity contribution is 8.00. The van der Waals surface area contributed by atoms with E-state index in [1.54, 1.807) is 31.2 Å². The molecule has 7 nitrogen and oxygen atoms in total. The van der Waals surface area contributed by atoms with Gasteiger partial charge >= 0.3 is 5.97 Å². The van der Waals surface area contributed by atoms with Gasteiger partial charge in [0.15, 0.2) is 5.13 Å². The minimum atomic E-state index is -1.49. The number of rotatable bonds is 7. The maximum atomic E-state index is 12.9. The minimum Gasteiger partial charge on any atom is -0.478 e. The summed E-state index contributed by atoms with van der Waals surface area (Å²) in [4.78, 5) is 42.6. The molecule has 13 heteroatoms. The van der Waals surface area contributed by atoms with Crippen molar-refractivity contribution in [2.75, 3.05) is 10.6 Å². The Hall–Kier alpha value is -2.53. The monoisotopic (exact) mass is 627 g/mol. The van der Waals surface area contributed by atoms with Crippen LogP contribution in [0.15, 0.2) is 47.4 Å². The Morgan fingerprint density at radius 1 is 0.921 bits per heavy atom. The summed E-state index contributed by atoms with van der Waals surface area (Å²) in [6.45, 7) is 3.77. The lowest BCUT2D eigenvalue weighted by atomic mass is 10.1. The lowest BCUT2D eigenvalue weighted by molar-refractivity contribution is -0.115. The molecule has 0 saturated heterocycles. The zero-order valence-corrected chi connectivity index (χ0v) is 24.2. The number of nitrogens with one attached hydrogen (secondary N) is 2. The Kier molecular flexibility index (Phi) is 8.76. The van der Waals surface area contributed by atoms with E-state index in [0.29, 0.717) is 10.8 Å². The van der Waals surface area contributed by atoms with Crippen molar-refractivity contribution in [2.24, 2.45) is 0 Å². The number of thioether (sulfide) groups is 1. The summed E-state index contributed by atoms with van der Waals surface area (Å²) in [7, 11) is 0. The van der Waals surface area contributed by atoms with Crippen LogP contribution in [0.2, 0.25) is 20.1 Å². The number of thiazole rings is 1. The van der Waals surface area contributed by atoms with Crippen molar-refractivity contribution in [2.45, 2.75) is 24.0 Å². The first-order chi connectivity index (χ1) is 18.0. The van der Waals surface area contributed by atoms with E-state index in [1.807, 2.05) is 25.1 Å². The highest BCUT2D eigenvalue weighted by Gasteiger charge is 2.29. The second-order valence-corrected chi connectivity index (χ2v) is 12.0. The second-order valence-electron chi connectivity index (χ2n) is 8.03. The Balaban J connectivity index is 1.43. The van der Waals surface area contributed by atoms with Crippen LogP contribution >= 0.6 is 69.5 Å². The van der Waals surface area contributed by atoms with E-state index < -0.39 is 33.3 Å². The SMILES string of the molecule is Cc1ccc2nc(NC(=O)C(C)Sc3ccc(NC(=O)c4c(Cl)c(Cl)c(Cl)c(Cl)c4C(=O)O)cc3)sc2c1. The summed E-state index contributed by atoms with van der Waals surface area (Å²) in [5.74, 6) is -2.51. The van der Waals surface area contributed by atoms with Gasteiger partial charge in [0, 0.05) is 10.6 Å². The van der Waals surface area contributed by atoms with E-state index >= 15 is 0 Å². The molecule has 3 aromatic carbocycles. The molecule has 4 aromatic rings. The number of aromatic nitrogens is 1. The summed E-state index contributed by atoms with van der Waals surface area (Å²) >= 11 is 26.9. The smallest absolute Gasteiger partial charge is 0.338 e. The van der Waals surface area contributed by atoms with E-state index in [2.05, 4.69) is 15.6 Å². The Morgan fingerprint density at radius 3 is 2.18 bits per heavy atom. The summed E-state index contributed by atoms with van der Waals surface area (Å²) in [5, 5.41) is 13.9. The summed E-state index contributed by atoms with van der Waals surface area (Å²) in [6, 6.07) is 12.5. The highest BCUT2D eigenvalue weighted by atomic mass is 35.5. The van der Waals surface area contributed by atoms with Crippen LogP contribution in [0.4, 0.5) is 10.8 Å². The second kappa shape index (κ2) is 11.7. The first kappa shape index (κ1) is 28.5. The summed E-state index contributed by atoms with van der Waals surface area (Å²) < 4.78 is 0.998. The van der Waals surface area contributed by atoms with Gasteiger partial charge in [-0.15, -0.1) is 11.8 Å². The van der Waals surface area contributed by atoms with Crippen molar-refractivity contribution >= 4 is 108 Å². The maximum absolute atomic E-state index is 12.9. The zero-order valence-electron chi connectivity index (χ0n) is 19.6. The molecule has 196 valence electrons. The van der Waals surface area contributed by atoms with E-state index in [4.69, 9.17) is 46.4 Å². The molecular formula is C25H17Cl4N3O4S2. The summed E-state index contributed by atoms with van der Waals surface area (Å²) in [5.41, 5.74) is 1.34. The molecule has 0 spiro atoms. The topological polar surface area (TPSA) is 108 Å². The zero-order chi connectivity index (χ0) is 27.7. The molecule has 0 bridgehead atoms. The molecule has 4 rings (SSSR count). The van der Waals surface area contributed by atoms with Gasteiger partial charge in [-0.3, -0.25) is 9.59 Å². The molecule has 0 saturated carbocycles. The first-order valence-corrected chi connectivity index (χ1v) is 14.0. The van der Waals surface area contributed by atoms with E-state index in [-0.39, 0.29) is 21.0 Å². The van der Waals surface area contributed by atoms with Crippen molar-refractivity contribution in [3.05, 3.63) is 79.2 Å². The van der Waals surface area contributed by atoms with Gasteiger partial charge in [-0.2, -0.15) is 0 Å². The number of carboxylic acid groups (broad SMARTS) is 1. The third kappa shape index (κ3) is 6.03. The van der Waals surface area contributed by atoms with Gasteiger partial charge < -0.3 is 15.7 Å². The number of amides is 2. The van der Waals surface area contributed by atoms with Crippen LogP contribution in [0.25, 0.3) is 10.2 Å². The lowest BCUT2D eigenvalue weighted by Crippen LogP contribution is -2.22. The van der Waals surface area contributed by atoms with Crippen molar-refractivity contribution in [3.63, 3.8) is 0 Å². The van der Waals surface area contributed by atoms with Gasteiger partial charge in [0.25, 0.3) is 5.91 Å². The number of fused-ring (bicyclic) bond motifs is 1. The number of benzene rings is 3. The van der Waals surface area contributed by atoms with Gasteiger partial charge in [-0.25, -0.2) is 9.78 Å². The lowest BCUT2D eigenvalue weighted by Gasteiger charge is -2.14. The average molecular weight is 629 g/mol. The Labute approximate surface area is 245 Å². The average Bonchev–Trinajstić information content (AvgIpc) is 3.26.